The Morgan fingerprint density at radius 1 is 0.941 bits per heavy atom. The molecule has 0 saturated heterocycles. The highest BCUT2D eigenvalue weighted by Gasteiger charge is 2.26. The van der Waals surface area contributed by atoms with E-state index < -0.39 is 10.0 Å². The number of nitrogens with one attached hydrogen (secondary N) is 2. The van der Waals surface area contributed by atoms with Crippen LogP contribution in [0.2, 0.25) is 0 Å². The molecule has 34 heavy (non-hydrogen) atoms. The van der Waals surface area contributed by atoms with Crippen molar-refractivity contribution in [1.82, 2.24) is 14.2 Å². The molecule has 0 radical (unpaired) electrons. The number of carbonyl (C=O) groups excluding carboxylic acids is 1. The molecule has 0 atom stereocenters. The molecule has 10 heteroatoms. The summed E-state index contributed by atoms with van der Waals surface area (Å²) >= 11 is 0. The Kier molecular flexibility index (Phi) is 4.33. The highest BCUT2D eigenvalue weighted by atomic mass is 32.2. The van der Waals surface area contributed by atoms with Crippen LogP contribution < -0.4 is 15.7 Å². The van der Waals surface area contributed by atoms with Crippen molar-refractivity contribution in [2.45, 2.75) is 11.4 Å². The van der Waals surface area contributed by atoms with Crippen molar-refractivity contribution in [3.05, 3.63) is 101 Å². The van der Waals surface area contributed by atoms with Crippen molar-refractivity contribution in [3.8, 4) is 0 Å². The van der Waals surface area contributed by atoms with Gasteiger partial charge in [-0.15, -0.1) is 5.10 Å². The van der Waals surface area contributed by atoms with E-state index in [-0.39, 0.29) is 23.0 Å². The third-order valence-corrected chi connectivity index (χ3v) is 7.22. The van der Waals surface area contributed by atoms with Crippen LogP contribution in [0.15, 0.2) is 88.7 Å². The number of rotatable bonds is 5. The second-order valence-corrected chi connectivity index (χ2v) is 9.62. The van der Waals surface area contributed by atoms with E-state index in [1.54, 1.807) is 72.9 Å². The van der Waals surface area contributed by atoms with Crippen LogP contribution in [-0.2, 0) is 16.6 Å². The van der Waals surface area contributed by atoms with Gasteiger partial charge in [0.15, 0.2) is 5.65 Å². The average molecular weight is 471 g/mol. The van der Waals surface area contributed by atoms with Crippen LogP contribution in [-0.4, -0.2) is 28.5 Å². The van der Waals surface area contributed by atoms with E-state index in [0.29, 0.717) is 38.9 Å². The van der Waals surface area contributed by atoms with Crippen LogP contribution in [0, 0.1) is 0 Å². The van der Waals surface area contributed by atoms with E-state index in [4.69, 9.17) is 0 Å². The molecule has 9 nitrogen and oxygen atoms in total. The molecule has 3 heterocycles. The Morgan fingerprint density at radius 2 is 1.79 bits per heavy atom. The zero-order valence-corrected chi connectivity index (χ0v) is 18.4. The number of aromatic nitrogens is 3. The molecule has 0 bridgehead atoms. The van der Waals surface area contributed by atoms with Crippen molar-refractivity contribution >= 4 is 43.7 Å². The molecule has 1 aliphatic heterocycles. The summed E-state index contributed by atoms with van der Waals surface area (Å²) in [5.41, 5.74) is 2.36. The molecular weight excluding hydrogens is 454 g/mol. The fourth-order valence-electron chi connectivity index (χ4n) is 4.28. The highest BCUT2D eigenvalue weighted by molar-refractivity contribution is 7.93. The lowest BCUT2D eigenvalue weighted by molar-refractivity contribution is 0.103. The van der Waals surface area contributed by atoms with Gasteiger partial charge in [0.05, 0.1) is 11.4 Å². The summed E-state index contributed by atoms with van der Waals surface area (Å²) in [7, 11) is -3.96. The fraction of sp³-hybridized carbons (Fsp3) is 0.0417. The summed E-state index contributed by atoms with van der Waals surface area (Å²) in [6, 6.07) is 20.2. The summed E-state index contributed by atoms with van der Waals surface area (Å²) in [5.74, 6) is -0.252. The van der Waals surface area contributed by atoms with Crippen molar-refractivity contribution in [2.24, 2.45) is 0 Å². The number of nitrogens with zero attached hydrogens (tertiary/aromatic N) is 3. The van der Waals surface area contributed by atoms with E-state index >= 15 is 0 Å². The quantitative estimate of drug-likeness (QED) is 0.409. The Morgan fingerprint density at radius 3 is 2.65 bits per heavy atom. The number of anilines is 2. The minimum absolute atomic E-state index is 0.0755. The molecule has 2 N–H and O–H groups in total. The van der Waals surface area contributed by atoms with Gasteiger partial charge in [-0.05, 0) is 48.0 Å². The average Bonchev–Trinajstić information content (AvgIpc) is 3.31. The predicted molar refractivity (Wildman–Crippen MR) is 128 cm³/mol. The van der Waals surface area contributed by atoms with Crippen LogP contribution in [0.1, 0.15) is 15.9 Å². The van der Waals surface area contributed by atoms with Gasteiger partial charge in [-0.2, -0.15) is 0 Å². The van der Waals surface area contributed by atoms with Crippen molar-refractivity contribution in [3.63, 3.8) is 0 Å². The van der Waals surface area contributed by atoms with E-state index in [0.717, 1.165) is 0 Å². The molecule has 1 aliphatic rings. The normalized spacial score (nSPS) is 12.9. The van der Waals surface area contributed by atoms with Crippen LogP contribution in [0.5, 0.6) is 0 Å². The van der Waals surface area contributed by atoms with Crippen LogP contribution in [0.25, 0.3) is 16.4 Å². The van der Waals surface area contributed by atoms with Gasteiger partial charge in [0, 0.05) is 33.9 Å². The zero-order chi connectivity index (χ0) is 23.4. The van der Waals surface area contributed by atoms with Crippen molar-refractivity contribution in [2.75, 3.05) is 10.0 Å². The minimum atomic E-state index is -3.96. The maximum Gasteiger partial charge on any atom is 0.350 e. The SMILES string of the molecule is O=C1Nc2ccc(S(=O)(=O)Nc3cccc(Cn4nc5ccccn5c4=O)c3)c3cccc1c23. The maximum atomic E-state index is 13.3. The minimum Gasteiger partial charge on any atom is -0.321 e. The first kappa shape index (κ1) is 20.2. The molecule has 0 saturated carbocycles. The Bertz CT molecular complexity index is 1800. The summed E-state index contributed by atoms with van der Waals surface area (Å²) < 4.78 is 32.0. The Labute approximate surface area is 193 Å². The number of hydrogen-bond acceptors (Lipinski definition) is 5. The molecule has 0 aliphatic carbocycles. The number of benzene rings is 3. The maximum absolute atomic E-state index is 13.3. The van der Waals surface area contributed by atoms with Crippen molar-refractivity contribution in [1.29, 1.82) is 0 Å². The number of amides is 1. The van der Waals surface area contributed by atoms with Gasteiger partial charge in [-0.25, -0.2) is 17.9 Å². The van der Waals surface area contributed by atoms with Gasteiger partial charge in [0.2, 0.25) is 0 Å². The molecule has 0 fully saturated rings. The number of hydrogen-bond donors (Lipinski definition) is 2. The number of pyridine rings is 1. The van der Waals surface area contributed by atoms with Gasteiger partial charge < -0.3 is 5.32 Å². The van der Waals surface area contributed by atoms with E-state index in [1.807, 2.05) is 0 Å². The summed E-state index contributed by atoms with van der Waals surface area (Å²) in [6.45, 7) is 0.185. The van der Waals surface area contributed by atoms with E-state index in [9.17, 15) is 18.0 Å². The largest absolute Gasteiger partial charge is 0.350 e. The Balaban J connectivity index is 1.34. The zero-order valence-electron chi connectivity index (χ0n) is 17.6. The lowest BCUT2D eigenvalue weighted by atomic mass is 10.1. The molecule has 3 aromatic carbocycles. The third kappa shape index (κ3) is 3.15. The van der Waals surface area contributed by atoms with Gasteiger partial charge in [0.25, 0.3) is 15.9 Å². The lowest BCUT2D eigenvalue weighted by Gasteiger charge is -2.12. The second-order valence-electron chi connectivity index (χ2n) is 7.97. The molecular formula is C24H17N5O4S. The first-order valence-corrected chi connectivity index (χ1v) is 11.9. The fourth-order valence-corrected chi connectivity index (χ4v) is 5.54. The van der Waals surface area contributed by atoms with E-state index in [2.05, 4.69) is 15.1 Å². The molecule has 0 unspecified atom stereocenters. The number of carbonyl (C=O) groups is 1. The van der Waals surface area contributed by atoms with Gasteiger partial charge in [-0.1, -0.05) is 30.3 Å². The third-order valence-electron chi connectivity index (χ3n) is 5.78. The van der Waals surface area contributed by atoms with E-state index in [1.165, 1.54) is 15.1 Å². The van der Waals surface area contributed by atoms with Gasteiger partial charge in [-0.3, -0.25) is 13.9 Å². The number of fused-ring (bicyclic) bond motifs is 1. The topological polar surface area (TPSA) is 115 Å². The smallest absolute Gasteiger partial charge is 0.321 e. The monoisotopic (exact) mass is 471 g/mol. The predicted octanol–water partition coefficient (Wildman–Crippen LogP) is 3.06. The molecule has 168 valence electrons. The summed E-state index contributed by atoms with van der Waals surface area (Å²) in [6.07, 6.45) is 1.65. The van der Waals surface area contributed by atoms with Gasteiger partial charge >= 0.3 is 5.69 Å². The first-order chi connectivity index (χ1) is 16.4. The standard InChI is InChI=1S/C24H17N5O4S/c30-23-18-8-4-7-17-20(11-10-19(25-23)22(17)18)34(32,33)27-16-6-3-5-15(13-16)14-29-24(31)28-12-2-1-9-21(28)26-29/h1-13,27H,14H2,(H,25,30). The molecule has 2 aromatic heterocycles. The van der Waals surface area contributed by atoms with Crippen molar-refractivity contribution < 1.29 is 13.2 Å². The van der Waals surface area contributed by atoms with Gasteiger partial charge in [0.1, 0.15) is 0 Å². The summed E-state index contributed by atoms with van der Waals surface area (Å²) in [4.78, 5) is 24.8. The van der Waals surface area contributed by atoms with Crippen LogP contribution in [0.4, 0.5) is 11.4 Å². The lowest BCUT2D eigenvalue weighted by Crippen LogP contribution is -2.21. The highest BCUT2D eigenvalue weighted by Crippen LogP contribution is 2.37. The van der Waals surface area contributed by atoms with Crippen LogP contribution >= 0.6 is 0 Å². The molecule has 5 aromatic rings. The summed E-state index contributed by atoms with van der Waals surface area (Å²) in [5, 5.41) is 8.13. The second kappa shape index (κ2) is 7.29. The van der Waals surface area contributed by atoms with Crippen LogP contribution in [0.3, 0.4) is 0 Å². The molecule has 6 rings (SSSR count). The first-order valence-electron chi connectivity index (χ1n) is 10.4. The molecule has 1 amide bonds. The Hall–Kier alpha value is -4.44. The molecule has 0 spiro atoms. The number of sulfonamides is 1.